The minimum atomic E-state index is 0.208. The summed E-state index contributed by atoms with van der Waals surface area (Å²) in [5.74, 6) is 1.16. The molecule has 0 bridgehead atoms. The number of thiocarbonyl (C=S) groups is 2. The van der Waals surface area contributed by atoms with Gasteiger partial charge in [-0.3, -0.25) is 0 Å². The minimum Gasteiger partial charge on any atom is -0.0925 e. The van der Waals surface area contributed by atoms with E-state index in [9.17, 15) is 0 Å². The molecule has 2 heteroatoms. The Kier molecular flexibility index (Phi) is 1.05. The van der Waals surface area contributed by atoms with Gasteiger partial charge >= 0.3 is 0 Å². The van der Waals surface area contributed by atoms with Crippen molar-refractivity contribution in [3.63, 3.8) is 0 Å². The van der Waals surface area contributed by atoms with E-state index in [0.29, 0.717) is 11.8 Å². The summed E-state index contributed by atoms with van der Waals surface area (Å²) < 4.78 is 0. The highest BCUT2D eigenvalue weighted by atomic mass is 32.1. The Bertz CT molecular complexity index is 296. The molecule has 60 valence electrons. The molecule has 0 unspecified atom stereocenters. The molecule has 0 aromatic heterocycles. The lowest BCUT2D eigenvalue weighted by atomic mass is 9.32. The van der Waals surface area contributed by atoms with Gasteiger partial charge in [-0.1, -0.05) is 48.7 Å². The lowest BCUT2D eigenvalue weighted by molar-refractivity contribution is -0.0219. The van der Waals surface area contributed by atoms with Crippen LogP contribution in [0.3, 0.4) is 0 Å². The van der Waals surface area contributed by atoms with Gasteiger partial charge in [0, 0.05) is 22.7 Å². The molecule has 0 aromatic rings. The molecular formula is C10H8S2. The Balaban J connectivity index is 2.11. The van der Waals surface area contributed by atoms with Gasteiger partial charge in [-0.15, -0.1) is 0 Å². The first-order valence-corrected chi connectivity index (χ1v) is 5.06. The molecule has 0 aliphatic heterocycles. The quantitative estimate of drug-likeness (QED) is 0.486. The van der Waals surface area contributed by atoms with Crippen LogP contribution in [0.4, 0.5) is 0 Å². The van der Waals surface area contributed by atoms with Crippen LogP contribution < -0.4 is 0 Å². The third-order valence-electron chi connectivity index (χ3n) is 3.72. The Morgan fingerprint density at radius 1 is 0.917 bits per heavy atom. The molecule has 3 aliphatic carbocycles. The van der Waals surface area contributed by atoms with Crippen LogP contribution in [-0.4, -0.2) is 10.7 Å². The van der Waals surface area contributed by atoms with Crippen molar-refractivity contribution >= 4 is 35.2 Å². The highest BCUT2D eigenvalue weighted by molar-refractivity contribution is 7.79. The Morgan fingerprint density at radius 2 is 1.33 bits per heavy atom. The van der Waals surface area contributed by atoms with Crippen molar-refractivity contribution in [2.45, 2.75) is 0 Å². The minimum absolute atomic E-state index is 0.208. The molecule has 3 rings (SSSR count). The molecule has 0 atom stereocenters. The second kappa shape index (κ2) is 1.78. The Morgan fingerprint density at radius 3 is 1.50 bits per heavy atom. The van der Waals surface area contributed by atoms with Gasteiger partial charge in [-0.25, -0.2) is 0 Å². The van der Waals surface area contributed by atoms with Gasteiger partial charge in [-0.2, -0.15) is 0 Å². The van der Waals surface area contributed by atoms with E-state index in [1.54, 1.807) is 0 Å². The van der Waals surface area contributed by atoms with Crippen molar-refractivity contribution < 1.29 is 0 Å². The standard InChI is InChI=1S/C10H8S2/c11-5-9-3-1-7(9)10(6-12)4-2-8(9)10/h1-8H. The van der Waals surface area contributed by atoms with E-state index in [2.05, 4.69) is 24.3 Å². The SMILES string of the molecule is S=CC12C=CC1C1(C=S)C=CC21. The molecule has 0 saturated heterocycles. The van der Waals surface area contributed by atoms with Crippen LogP contribution in [0.25, 0.3) is 0 Å². The third-order valence-corrected chi connectivity index (χ3v) is 4.53. The molecular weight excluding hydrogens is 184 g/mol. The maximum absolute atomic E-state index is 5.07. The van der Waals surface area contributed by atoms with Crippen LogP contribution in [0.2, 0.25) is 0 Å². The molecule has 1 saturated carbocycles. The fourth-order valence-corrected chi connectivity index (χ4v) is 3.64. The van der Waals surface area contributed by atoms with Crippen molar-refractivity contribution in [2.75, 3.05) is 0 Å². The molecule has 0 radical (unpaired) electrons. The Labute approximate surface area is 82.3 Å². The summed E-state index contributed by atoms with van der Waals surface area (Å²) in [7, 11) is 0. The van der Waals surface area contributed by atoms with Crippen LogP contribution in [0, 0.1) is 22.7 Å². The summed E-state index contributed by atoms with van der Waals surface area (Å²) >= 11 is 10.1. The van der Waals surface area contributed by atoms with E-state index in [0.717, 1.165) is 0 Å². The highest BCUT2D eigenvalue weighted by Crippen LogP contribution is 2.73. The number of hydrogen-bond acceptors (Lipinski definition) is 2. The predicted octanol–water partition coefficient (Wildman–Crippen LogP) is 2.34. The van der Waals surface area contributed by atoms with Gasteiger partial charge in [0.15, 0.2) is 0 Å². The lowest BCUT2D eigenvalue weighted by Crippen LogP contribution is -2.70. The van der Waals surface area contributed by atoms with Crippen LogP contribution in [0.1, 0.15) is 0 Å². The number of rotatable bonds is 2. The molecule has 1 fully saturated rings. The van der Waals surface area contributed by atoms with Gasteiger partial charge in [0.25, 0.3) is 0 Å². The van der Waals surface area contributed by atoms with Crippen molar-refractivity contribution in [3.05, 3.63) is 24.3 Å². The molecule has 0 amide bonds. The first kappa shape index (κ1) is 7.10. The average Bonchev–Trinajstić information content (AvgIpc) is 2.04. The number of fused-ring (bicyclic) bond motifs is 4. The van der Waals surface area contributed by atoms with E-state index in [-0.39, 0.29) is 10.8 Å². The van der Waals surface area contributed by atoms with Crippen LogP contribution in [0.15, 0.2) is 24.3 Å². The van der Waals surface area contributed by atoms with E-state index in [1.165, 1.54) is 0 Å². The average molecular weight is 192 g/mol. The van der Waals surface area contributed by atoms with Gasteiger partial charge in [-0.05, 0) is 10.7 Å². The molecule has 0 N–H and O–H groups in total. The summed E-state index contributed by atoms with van der Waals surface area (Å²) in [5.41, 5.74) is 0.415. The first-order chi connectivity index (χ1) is 5.80. The molecule has 0 spiro atoms. The number of hydrogen-bond donors (Lipinski definition) is 0. The van der Waals surface area contributed by atoms with Gasteiger partial charge in [0.05, 0.1) is 0 Å². The Hall–Kier alpha value is -0.340. The summed E-state index contributed by atoms with van der Waals surface area (Å²) in [6.07, 6.45) is 8.95. The van der Waals surface area contributed by atoms with E-state index >= 15 is 0 Å². The molecule has 12 heavy (non-hydrogen) atoms. The fraction of sp³-hybridized carbons (Fsp3) is 0.400. The zero-order chi connectivity index (χ0) is 8.40. The van der Waals surface area contributed by atoms with Crippen molar-refractivity contribution in [2.24, 2.45) is 22.7 Å². The van der Waals surface area contributed by atoms with E-state index in [4.69, 9.17) is 24.4 Å². The number of allylic oxidation sites excluding steroid dienone is 4. The van der Waals surface area contributed by atoms with Crippen molar-refractivity contribution in [1.29, 1.82) is 0 Å². The van der Waals surface area contributed by atoms with E-state index < -0.39 is 0 Å². The monoisotopic (exact) mass is 192 g/mol. The highest BCUT2D eigenvalue weighted by Gasteiger charge is 2.71. The van der Waals surface area contributed by atoms with Gasteiger partial charge in [0.2, 0.25) is 0 Å². The zero-order valence-corrected chi connectivity index (χ0v) is 8.07. The van der Waals surface area contributed by atoms with Gasteiger partial charge < -0.3 is 0 Å². The summed E-state index contributed by atoms with van der Waals surface area (Å²) in [6, 6.07) is 0. The largest absolute Gasteiger partial charge is 0.0925 e. The van der Waals surface area contributed by atoms with E-state index in [1.807, 2.05) is 10.7 Å². The maximum Gasteiger partial charge on any atom is 0.0314 e. The summed E-state index contributed by atoms with van der Waals surface area (Å²) in [5, 5.41) is 3.84. The molecule has 3 aliphatic rings. The second-order valence-corrected chi connectivity index (χ2v) is 4.38. The van der Waals surface area contributed by atoms with Gasteiger partial charge in [0.1, 0.15) is 0 Å². The van der Waals surface area contributed by atoms with Crippen LogP contribution >= 0.6 is 24.4 Å². The maximum atomic E-state index is 5.07. The molecule has 0 nitrogen and oxygen atoms in total. The van der Waals surface area contributed by atoms with Crippen molar-refractivity contribution in [1.82, 2.24) is 0 Å². The van der Waals surface area contributed by atoms with Crippen molar-refractivity contribution in [3.8, 4) is 0 Å². The van der Waals surface area contributed by atoms with Crippen LogP contribution in [-0.2, 0) is 0 Å². The summed E-state index contributed by atoms with van der Waals surface area (Å²) in [6.45, 7) is 0. The second-order valence-electron chi connectivity index (χ2n) is 3.91. The summed E-state index contributed by atoms with van der Waals surface area (Å²) in [4.78, 5) is 0. The molecule has 0 aromatic carbocycles. The predicted molar refractivity (Wildman–Crippen MR) is 57.4 cm³/mol. The molecule has 0 heterocycles. The first-order valence-electron chi connectivity index (χ1n) is 4.11. The zero-order valence-electron chi connectivity index (χ0n) is 6.44. The normalized spacial score (nSPS) is 57.0. The lowest BCUT2D eigenvalue weighted by Gasteiger charge is -2.71. The van der Waals surface area contributed by atoms with Crippen LogP contribution in [0.5, 0.6) is 0 Å². The smallest absolute Gasteiger partial charge is 0.0314 e. The fourth-order valence-electron chi connectivity index (χ4n) is 2.90. The topological polar surface area (TPSA) is 0 Å². The third kappa shape index (κ3) is 0.417.